The zero-order chi connectivity index (χ0) is 21.4. The molecule has 1 heterocycles. The van der Waals surface area contributed by atoms with Crippen molar-refractivity contribution in [3.8, 4) is 11.5 Å². The molecule has 6 nitrogen and oxygen atoms in total. The molecule has 0 spiro atoms. The van der Waals surface area contributed by atoms with Gasteiger partial charge in [0.2, 0.25) is 5.91 Å². The normalized spacial score (nSPS) is 12.0. The van der Waals surface area contributed by atoms with Crippen LogP contribution in [0.25, 0.3) is 0 Å². The van der Waals surface area contributed by atoms with Gasteiger partial charge >= 0.3 is 6.61 Å². The third-order valence-corrected chi connectivity index (χ3v) is 5.01. The van der Waals surface area contributed by atoms with Crippen molar-refractivity contribution in [1.82, 2.24) is 10.6 Å². The molecule has 1 atom stereocenters. The van der Waals surface area contributed by atoms with Crippen molar-refractivity contribution in [2.24, 2.45) is 5.92 Å². The molecule has 2 amide bonds. The van der Waals surface area contributed by atoms with E-state index in [9.17, 15) is 18.4 Å². The average molecular weight is 426 g/mol. The van der Waals surface area contributed by atoms with Crippen molar-refractivity contribution in [1.29, 1.82) is 0 Å². The number of benzene rings is 1. The first kappa shape index (κ1) is 22.6. The number of alkyl halides is 2. The fourth-order valence-electron chi connectivity index (χ4n) is 2.66. The topological polar surface area (TPSA) is 76.7 Å². The summed E-state index contributed by atoms with van der Waals surface area (Å²) >= 11 is 1.30. The van der Waals surface area contributed by atoms with Crippen molar-refractivity contribution in [3.63, 3.8) is 0 Å². The SMILES string of the molecule is COc1ccc(CCNC(=O)C(NC(=O)c2cccs2)C(C)C)cc1OC(F)F. The van der Waals surface area contributed by atoms with Gasteiger partial charge in [-0.1, -0.05) is 26.0 Å². The summed E-state index contributed by atoms with van der Waals surface area (Å²) < 4.78 is 34.5. The second-order valence-corrected chi connectivity index (χ2v) is 7.52. The molecule has 158 valence electrons. The van der Waals surface area contributed by atoms with Crippen molar-refractivity contribution in [3.05, 3.63) is 46.2 Å². The first-order valence-corrected chi connectivity index (χ1v) is 9.93. The fraction of sp³-hybridized carbons (Fsp3) is 0.400. The highest BCUT2D eigenvalue weighted by Crippen LogP contribution is 2.29. The molecular weight excluding hydrogens is 402 g/mol. The van der Waals surface area contributed by atoms with Crippen LogP contribution in [0.15, 0.2) is 35.7 Å². The third-order valence-electron chi connectivity index (χ3n) is 4.14. The van der Waals surface area contributed by atoms with Crippen LogP contribution in [-0.2, 0) is 11.2 Å². The lowest BCUT2D eigenvalue weighted by molar-refractivity contribution is -0.123. The van der Waals surface area contributed by atoms with Gasteiger partial charge in [-0.25, -0.2) is 0 Å². The van der Waals surface area contributed by atoms with E-state index >= 15 is 0 Å². The summed E-state index contributed by atoms with van der Waals surface area (Å²) in [5.41, 5.74) is 0.700. The summed E-state index contributed by atoms with van der Waals surface area (Å²) in [6.45, 7) is 1.00. The molecule has 1 unspecified atom stereocenters. The first-order valence-electron chi connectivity index (χ1n) is 9.05. The zero-order valence-corrected chi connectivity index (χ0v) is 17.2. The minimum atomic E-state index is -2.96. The van der Waals surface area contributed by atoms with Gasteiger partial charge < -0.3 is 20.1 Å². The Labute approximate surface area is 172 Å². The molecule has 9 heteroatoms. The number of carbonyl (C=O) groups excluding carboxylic acids is 2. The fourth-order valence-corrected chi connectivity index (χ4v) is 3.29. The summed E-state index contributed by atoms with van der Waals surface area (Å²) in [6, 6.07) is 7.48. The standard InChI is InChI=1S/C20H24F2N2O4S/c1-12(2)17(24-18(25)16-5-4-10-29-16)19(26)23-9-8-13-6-7-14(27-3)15(11-13)28-20(21)22/h4-7,10-12,17,20H,8-9H2,1-3H3,(H,23,26)(H,24,25). The molecule has 0 saturated carbocycles. The maximum atomic E-state index is 12.5. The number of halogens is 2. The Morgan fingerprint density at radius 3 is 2.52 bits per heavy atom. The van der Waals surface area contributed by atoms with E-state index in [1.54, 1.807) is 23.6 Å². The molecule has 0 fully saturated rings. The summed E-state index contributed by atoms with van der Waals surface area (Å²) in [5, 5.41) is 7.33. The lowest BCUT2D eigenvalue weighted by Crippen LogP contribution is -2.49. The minimum Gasteiger partial charge on any atom is -0.493 e. The molecular formula is C20H24F2N2O4S. The first-order chi connectivity index (χ1) is 13.8. The predicted octanol–water partition coefficient (Wildman–Crippen LogP) is 3.47. The van der Waals surface area contributed by atoms with Gasteiger partial charge in [-0.3, -0.25) is 9.59 Å². The maximum absolute atomic E-state index is 12.5. The van der Waals surface area contributed by atoms with Crippen LogP contribution in [0.2, 0.25) is 0 Å². The van der Waals surface area contributed by atoms with Gasteiger partial charge in [-0.15, -0.1) is 11.3 Å². The molecule has 29 heavy (non-hydrogen) atoms. The van der Waals surface area contributed by atoms with E-state index in [0.717, 1.165) is 0 Å². The highest BCUT2D eigenvalue weighted by Gasteiger charge is 2.24. The number of carbonyl (C=O) groups is 2. The maximum Gasteiger partial charge on any atom is 0.387 e. The minimum absolute atomic E-state index is 0.0606. The Kier molecular flexibility index (Phi) is 8.38. The number of thiophene rings is 1. The van der Waals surface area contributed by atoms with Crippen LogP contribution in [0.1, 0.15) is 29.1 Å². The highest BCUT2D eigenvalue weighted by atomic mass is 32.1. The summed E-state index contributed by atoms with van der Waals surface area (Å²) in [7, 11) is 1.37. The Hall–Kier alpha value is -2.68. The monoisotopic (exact) mass is 426 g/mol. The smallest absolute Gasteiger partial charge is 0.387 e. The molecule has 0 radical (unpaired) electrons. The number of hydrogen-bond donors (Lipinski definition) is 2. The van der Waals surface area contributed by atoms with Gasteiger partial charge in [0.05, 0.1) is 12.0 Å². The van der Waals surface area contributed by atoms with Crippen molar-refractivity contribution < 1.29 is 27.8 Å². The second-order valence-electron chi connectivity index (χ2n) is 6.58. The van der Waals surface area contributed by atoms with Crippen LogP contribution in [0, 0.1) is 5.92 Å². The summed E-state index contributed by atoms with van der Waals surface area (Å²) in [4.78, 5) is 25.3. The van der Waals surface area contributed by atoms with E-state index in [1.807, 2.05) is 13.8 Å². The Morgan fingerprint density at radius 1 is 1.17 bits per heavy atom. The van der Waals surface area contributed by atoms with E-state index in [1.165, 1.54) is 30.6 Å². The molecule has 0 aliphatic carbocycles. The molecule has 2 rings (SSSR count). The lowest BCUT2D eigenvalue weighted by atomic mass is 10.0. The van der Waals surface area contributed by atoms with E-state index in [4.69, 9.17) is 4.74 Å². The summed E-state index contributed by atoms with van der Waals surface area (Å²) in [6.07, 6.45) is 0.402. The van der Waals surface area contributed by atoms with Crippen LogP contribution in [0.5, 0.6) is 11.5 Å². The van der Waals surface area contributed by atoms with Crippen LogP contribution in [-0.4, -0.2) is 38.1 Å². The molecule has 2 aromatic rings. The molecule has 1 aromatic heterocycles. The average Bonchev–Trinajstić information content (AvgIpc) is 3.20. The van der Waals surface area contributed by atoms with Gasteiger partial charge in [0, 0.05) is 6.54 Å². The number of hydrogen-bond acceptors (Lipinski definition) is 5. The van der Waals surface area contributed by atoms with Gasteiger partial charge in [-0.2, -0.15) is 8.78 Å². The van der Waals surface area contributed by atoms with E-state index in [0.29, 0.717) is 16.9 Å². The van der Waals surface area contributed by atoms with Gasteiger partial charge in [0.1, 0.15) is 6.04 Å². The summed E-state index contributed by atoms with van der Waals surface area (Å²) in [5.74, 6) is -0.560. The number of ether oxygens (including phenoxy) is 2. The van der Waals surface area contributed by atoms with Crippen LogP contribution in [0.4, 0.5) is 8.78 Å². The predicted molar refractivity (Wildman–Crippen MR) is 107 cm³/mol. The van der Waals surface area contributed by atoms with Crippen LogP contribution in [0.3, 0.4) is 0 Å². The van der Waals surface area contributed by atoms with Gasteiger partial charge in [0.25, 0.3) is 5.91 Å². The molecule has 1 aromatic carbocycles. The molecule has 0 aliphatic rings. The van der Waals surface area contributed by atoms with Crippen molar-refractivity contribution in [2.75, 3.05) is 13.7 Å². The quantitative estimate of drug-likeness (QED) is 0.610. The van der Waals surface area contributed by atoms with E-state index in [-0.39, 0.29) is 35.8 Å². The van der Waals surface area contributed by atoms with E-state index < -0.39 is 12.7 Å². The number of amides is 2. The largest absolute Gasteiger partial charge is 0.493 e. The molecule has 2 N–H and O–H groups in total. The molecule has 0 bridgehead atoms. The van der Waals surface area contributed by atoms with Crippen LogP contribution >= 0.6 is 11.3 Å². The number of rotatable bonds is 10. The highest BCUT2D eigenvalue weighted by molar-refractivity contribution is 7.12. The van der Waals surface area contributed by atoms with Crippen molar-refractivity contribution >= 4 is 23.2 Å². The zero-order valence-electron chi connectivity index (χ0n) is 16.4. The third kappa shape index (κ3) is 6.70. The van der Waals surface area contributed by atoms with Crippen LogP contribution < -0.4 is 20.1 Å². The Bertz CT molecular complexity index is 813. The second kappa shape index (κ2) is 10.8. The molecule has 0 aliphatic heterocycles. The molecule has 0 saturated heterocycles. The van der Waals surface area contributed by atoms with Crippen molar-refractivity contribution in [2.45, 2.75) is 32.9 Å². The number of methoxy groups -OCH3 is 1. The lowest BCUT2D eigenvalue weighted by Gasteiger charge is -2.21. The van der Waals surface area contributed by atoms with Gasteiger partial charge in [0.15, 0.2) is 11.5 Å². The Morgan fingerprint density at radius 2 is 1.93 bits per heavy atom. The van der Waals surface area contributed by atoms with E-state index in [2.05, 4.69) is 15.4 Å². The Balaban J connectivity index is 1.93. The number of nitrogens with one attached hydrogen (secondary N) is 2. The van der Waals surface area contributed by atoms with Gasteiger partial charge in [-0.05, 0) is 41.5 Å².